The lowest BCUT2D eigenvalue weighted by molar-refractivity contribution is -0.150. The zero-order chi connectivity index (χ0) is 28.4. The number of amides is 3. The highest BCUT2D eigenvalue weighted by molar-refractivity contribution is 5.93. The number of rotatable bonds is 12. The number of aliphatic hydroxyl groups is 1. The summed E-state index contributed by atoms with van der Waals surface area (Å²) in [5.41, 5.74) is -0.145. The minimum Gasteiger partial charge on any atom is -0.466 e. The Labute approximate surface area is 220 Å². The number of carbonyl (C=O) groups excluding carboxylic acids is 4. The van der Waals surface area contributed by atoms with Gasteiger partial charge in [0.1, 0.15) is 17.7 Å². The molecule has 208 valence electrons. The maximum absolute atomic E-state index is 13.9. The summed E-state index contributed by atoms with van der Waals surface area (Å²) < 4.78 is 10.2. The van der Waals surface area contributed by atoms with Gasteiger partial charge in [-0.25, -0.2) is 4.79 Å². The first-order valence-corrected chi connectivity index (χ1v) is 12.6. The van der Waals surface area contributed by atoms with Crippen LogP contribution in [0.3, 0.4) is 0 Å². The number of ether oxygens (including phenoxy) is 2. The summed E-state index contributed by atoms with van der Waals surface area (Å²) in [5.74, 6) is -1.60. The number of nitrogens with zero attached hydrogens (tertiary/aromatic N) is 1. The molecule has 0 saturated heterocycles. The second-order valence-corrected chi connectivity index (χ2v) is 10.4. The van der Waals surface area contributed by atoms with E-state index in [1.807, 2.05) is 26.0 Å². The molecular weight excluding hydrogens is 478 g/mol. The van der Waals surface area contributed by atoms with Gasteiger partial charge in [-0.3, -0.25) is 14.4 Å². The zero-order valence-corrected chi connectivity index (χ0v) is 23.3. The molecule has 1 aromatic carbocycles. The van der Waals surface area contributed by atoms with Crippen LogP contribution in [0.15, 0.2) is 24.3 Å². The Morgan fingerprint density at radius 3 is 2.11 bits per heavy atom. The van der Waals surface area contributed by atoms with E-state index in [2.05, 4.69) is 10.6 Å². The van der Waals surface area contributed by atoms with Gasteiger partial charge in [0, 0.05) is 12.1 Å². The lowest BCUT2D eigenvalue weighted by Crippen LogP contribution is -2.60. The number of nitrogens with one attached hydrogen (secondary N) is 2. The van der Waals surface area contributed by atoms with Crippen LogP contribution in [0.2, 0.25) is 0 Å². The maximum atomic E-state index is 13.9. The van der Waals surface area contributed by atoms with E-state index in [0.717, 1.165) is 5.56 Å². The summed E-state index contributed by atoms with van der Waals surface area (Å²) in [6, 6.07) is 4.73. The van der Waals surface area contributed by atoms with Crippen LogP contribution in [0.1, 0.15) is 78.5 Å². The van der Waals surface area contributed by atoms with Crippen molar-refractivity contribution in [2.75, 3.05) is 19.8 Å². The van der Waals surface area contributed by atoms with Crippen molar-refractivity contribution in [2.45, 2.75) is 91.5 Å². The summed E-state index contributed by atoms with van der Waals surface area (Å²) in [6.45, 7) is 13.7. The van der Waals surface area contributed by atoms with Crippen molar-refractivity contribution in [3.8, 4) is 0 Å². The minimum absolute atomic E-state index is 0.0220. The molecule has 0 heterocycles. The molecule has 0 aromatic heterocycles. The Bertz CT molecular complexity index is 923. The number of aliphatic hydroxyl groups excluding tert-OH is 1. The zero-order valence-electron chi connectivity index (χ0n) is 23.3. The largest absolute Gasteiger partial charge is 0.466 e. The molecule has 0 bridgehead atoms. The quantitative estimate of drug-likeness (QED) is 0.360. The second-order valence-electron chi connectivity index (χ2n) is 10.4. The third kappa shape index (κ3) is 10.0. The normalized spacial score (nSPS) is 13.2. The smallest absolute Gasteiger partial charge is 0.408 e. The standard InChI is InChI=1S/C27H43N3O7/c1-9-27(7,8)30(24(34)20(17-31)29-25(35)37-26(4,5)6)22(19-13-11-18(3)12-14-19)23(33)28-16-15-21(32)36-10-2/h11-14,20,22,31H,9-10,15-17H2,1-8H3,(H,28,33)(H,29,35). The van der Waals surface area contributed by atoms with E-state index in [4.69, 9.17) is 9.47 Å². The first-order chi connectivity index (χ1) is 17.2. The number of alkyl carbamates (subject to hydrolysis) is 1. The van der Waals surface area contributed by atoms with E-state index >= 15 is 0 Å². The molecule has 1 rings (SSSR count). The van der Waals surface area contributed by atoms with E-state index in [0.29, 0.717) is 12.0 Å². The highest BCUT2D eigenvalue weighted by atomic mass is 16.6. The van der Waals surface area contributed by atoms with Gasteiger partial charge < -0.3 is 30.1 Å². The number of hydrogen-bond acceptors (Lipinski definition) is 7. The van der Waals surface area contributed by atoms with Crippen molar-refractivity contribution in [3.63, 3.8) is 0 Å². The van der Waals surface area contributed by atoms with Gasteiger partial charge in [-0.2, -0.15) is 0 Å². The summed E-state index contributed by atoms with van der Waals surface area (Å²) in [5, 5.41) is 15.2. The highest BCUT2D eigenvalue weighted by Crippen LogP contribution is 2.32. The fourth-order valence-corrected chi connectivity index (χ4v) is 3.53. The molecule has 0 spiro atoms. The summed E-state index contributed by atoms with van der Waals surface area (Å²) in [4.78, 5) is 53.0. The van der Waals surface area contributed by atoms with Gasteiger partial charge in [0.2, 0.25) is 11.8 Å². The number of benzene rings is 1. The van der Waals surface area contributed by atoms with E-state index < -0.39 is 53.7 Å². The highest BCUT2D eigenvalue weighted by Gasteiger charge is 2.43. The molecule has 0 aliphatic rings. The molecule has 2 atom stereocenters. The van der Waals surface area contributed by atoms with Gasteiger partial charge >= 0.3 is 12.1 Å². The molecule has 3 amide bonds. The molecule has 3 N–H and O–H groups in total. The van der Waals surface area contributed by atoms with Crippen LogP contribution >= 0.6 is 0 Å². The number of hydrogen-bond donors (Lipinski definition) is 3. The SMILES string of the molecule is CCOC(=O)CCNC(=O)C(c1ccc(C)cc1)N(C(=O)C(CO)NC(=O)OC(C)(C)C)C(C)(C)CC. The van der Waals surface area contributed by atoms with Crippen molar-refractivity contribution in [2.24, 2.45) is 0 Å². The van der Waals surface area contributed by atoms with E-state index in [1.165, 1.54) is 4.90 Å². The van der Waals surface area contributed by atoms with Gasteiger partial charge in [0.25, 0.3) is 0 Å². The van der Waals surface area contributed by atoms with Crippen molar-refractivity contribution in [3.05, 3.63) is 35.4 Å². The topological polar surface area (TPSA) is 134 Å². The van der Waals surface area contributed by atoms with Crippen molar-refractivity contribution in [1.82, 2.24) is 15.5 Å². The number of aryl methyl sites for hydroxylation is 1. The van der Waals surface area contributed by atoms with Crippen LogP contribution in [0.5, 0.6) is 0 Å². The Kier molecular flexibility index (Phi) is 12.0. The number of carbonyl (C=O) groups is 4. The fourth-order valence-electron chi connectivity index (χ4n) is 3.53. The molecule has 0 radical (unpaired) electrons. The van der Waals surface area contributed by atoms with Crippen LogP contribution in [-0.4, -0.2) is 70.8 Å². The van der Waals surface area contributed by atoms with Crippen LogP contribution in [0.4, 0.5) is 4.79 Å². The van der Waals surface area contributed by atoms with Gasteiger partial charge in [-0.1, -0.05) is 36.8 Å². The van der Waals surface area contributed by atoms with Crippen molar-refractivity contribution >= 4 is 23.9 Å². The van der Waals surface area contributed by atoms with Crippen LogP contribution in [-0.2, 0) is 23.9 Å². The molecule has 0 saturated carbocycles. The average Bonchev–Trinajstić information content (AvgIpc) is 2.80. The molecule has 37 heavy (non-hydrogen) atoms. The van der Waals surface area contributed by atoms with Crippen LogP contribution in [0, 0.1) is 6.92 Å². The molecule has 0 fully saturated rings. The molecule has 0 aliphatic carbocycles. The lowest BCUT2D eigenvalue weighted by atomic mass is 9.91. The Balaban J connectivity index is 3.43. The van der Waals surface area contributed by atoms with Crippen LogP contribution in [0.25, 0.3) is 0 Å². The van der Waals surface area contributed by atoms with Crippen molar-refractivity contribution in [1.29, 1.82) is 0 Å². The van der Waals surface area contributed by atoms with Crippen LogP contribution < -0.4 is 10.6 Å². The molecular formula is C27H43N3O7. The molecule has 10 nitrogen and oxygen atoms in total. The predicted molar refractivity (Wildman–Crippen MR) is 140 cm³/mol. The first kappa shape index (κ1) is 31.9. The fraction of sp³-hybridized carbons (Fsp3) is 0.630. The third-order valence-corrected chi connectivity index (χ3v) is 5.76. The Morgan fingerprint density at radius 2 is 1.62 bits per heavy atom. The van der Waals surface area contributed by atoms with E-state index in [1.54, 1.807) is 53.7 Å². The Hall–Kier alpha value is -3.14. The maximum Gasteiger partial charge on any atom is 0.408 e. The molecule has 10 heteroatoms. The second kappa shape index (κ2) is 14.0. The monoisotopic (exact) mass is 521 g/mol. The molecule has 0 aliphatic heterocycles. The van der Waals surface area contributed by atoms with Crippen molar-refractivity contribution < 1.29 is 33.8 Å². The summed E-state index contributed by atoms with van der Waals surface area (Å²) in [6.07, 6.45) is -0.410. The molecule has 1 aromatic rings. The number of esters is 1. The minimum atomic E-state index is -1.35. The van der Waals surface area contributed by atoms with Gasteiger partial charge in [0.05, 0.1) is 19.6 Å². The van der Waals surface area contributed by atoms with Gasteiger partial charge in [0.15, 0.2) is 0 Å². The van der Waals surface area contributed by atoms with Gasteiger partial charge in [-0.15, -0.1) is 0 Å². The summed E-state index contributed by atoms with van der Waals surface area (Å²) >= 11 is 0. The Morgan fingerprint density at radius 1 is 1.03 bits per heavy atom. The average molecular weight is 522 g/mol. The third-order valence-electron chi connectivity index (χ3n) is 5.76. The van der Waals surface area contributed by atoms with E-state index in [-0.39, 0.29) is 19.6 Å². The lowest BCUT2D eigenvalue weighted by Gasteiger charge is -2.44. The van der Waals surface area contributed by atoms with E-state index in [9.17, 15) is 24.3 Å². The summed E-state index contributed by atoms with van der Waals surface area (Å²) in [7, 11) is 0. The predicted octanol–water partition coefficient (Wildman–Crippen LogP) is 3.01. The molecule has 2 unspecified atom stereocenters. The van der Waals surface area contributed by atoms with Gasteiger partial charge in [-0.05, 0) is 60.5 Å². The first-order valence-electron chi connectivity index (χ1n) is 12.6.